The molecule has 1 unspecified atom stereocenters. The summed E-state index contributed by atoms with van der Waals surface area (Å²) < 4.78 is 0. The first kappa shape index (κ1) is 21.2. The second-order valence-corrected chi connectivity index (χ2v) is 9.74. The average Bonchev–Trinajstić information content (AvgIpc) is 3.08. The number of piperidine rings is 1. The van der Waals surface area contributed by atoms with Gasteiger partial charge < -0.3 is 4.90 Å². The van der Waals surface area contributed by atoms with Crippen molar-refractivity contribution in [2.45, 2.75) is 32.4 Å². The highest BCUT2D eigenvalue weighted by Crippen LogP contribution is 2.46. The maximum Gasteiger partial charge on any atom is 0.148 e. The lowest BCUT2D eigenvalue weighted by molar-refractivity contribution is -0.0213. The minimum absolute atomic E-state index is 0.0620. The molecule has 2 aromatic carbocycles. The monoisotopic (exact) mass is 467 g/mol. The van der Waals surface area contributed by atoms with Crippen molar-refractivity contribution in [1.29, 1.82) is 0 Å². The Morgan fingerprint density at radius 1 is 0.931 bits per heavy atom. The van der Waals surface area contributed by atoms with Gasteiger partial charge in [0, 0.05) is 45.6 Å². The van der Waals surface area contributed by atoms with Gasteiger partial charge in [-0.05, 0) is 55.0 Å². The van der Waals surface area contributed by atoms with Crippen LogP contribution in [0.3, 0.4) is 0 Å². The van der Waals surface area contributed by atoms with E-state index >= 15 is 0 Å². The van der Waals surface area contributed by atoms with Crippen LogP contribution in [0.25, 0.3) is 0 Å². The molecule has 0 radical (unpaired) electrons. The first-order valence-electron chi connectivity index (χ1n) is 9.96. The summed E-state index contributed by atoms with van der Waals surface area (Å²) in [6.45, 7) is 4.28. The van der Waals surface area contributed by atoms with Crippen LogP contribution in [0.1, 0.15) is 37.9 Å². The van der Waals surface area contributed by atoms with E-state index in [-0.39, 0.29) is 6.17 Å². The summed E-state index contributed by atoms with van der Waals surface area (Å²) in [6, 6.07) is 13.8. The van der Waals surface area contributed by atoms with Gasteiger partial charge >= 0.3 is 0 Å². The smallest absolute Gasteiger partial charge is 0.148 e. The predicted molar refractivity (Wildman–Crippen MR) is 127 cm³/mol. The SMILES string of the molecule is CCSC1=CN(N2CCCCC2)C(c2ccc(Cl)cc2Cl)N1c1ccc(Cl)cc1. The molecule has 7 heteroatoms. The van der Waals surface area contributed by atoms with E-state index in [2.05, 4.69) is 40.2 Å². The standard InChI is InChI=1S/C22H24Cl3N3S/c1-2-29-21-15-27(26-12-4-3-5-13-26)22(19-11-8-17(24)14-20(19)25)28(21)18-9-6-16(23)7-10-18/h6-11,14-15,22H,2-5,12-13H2,1H3. The molecule has 0 aromatic heterocycles. The van der Waals surface area contributed by atoms with Crippen LogP contribution in [0.15, 0.2) is 53.7 Å². The average molecular weight is 469 g/mol. The molecule has 0 amide bonds. The van der Waals surface area contributed by atoms with Gasteiger partial charge in [-0.25, -0.2) is 5.01 Å². The quantitative estimate of drug-likeness (QED) is 0.451. The molecular formula is C22H24Cl3N3S. The highest BCUT2D eigenvalue weighted by Gasteiger charge is 2.39. The Bertz CT molecular complexity index is 881. The Kier molecular flexibility index (Phi) is 6.87. The number of hydrogen-bond donors (Lipinski definition) is 0. The van der Waals surface area contributed by atoms with Crippen LogP contribution in [0.2, 0.25) is 15.1 Å². The van der Waals surface area contributed by atoms with Crippen molar-refractivity contribution in [3.05, 3.63) is 74.3 Å². The number of hydrazine groups is 1. The Hall–Kier alpha value is -1.04. The molecule has 2 aliphatic heterocycles. The van der Waals surface area contributed by atoms with Crippen molar-refractivity contribution in [2.24, 2.45) is 0 Å². The third-order valence-electron chi connectivity index (χ3n) is 5.27. The Balaban J connectivity index is 1.81. The number of rotatable bonds is 5. The van der Waals surface area contributed by atoms with Gasteiger partial charge in [0.25, 0.3) is 0 Å². The number of hydrogen-bond acceptors (Lipinski definition) is 4. The van der Waals surface area contributed by atoms with Crippen LogP contribution in [-0.2, 0) is 0 Å². The zero-order valence-electron chi connectivity index (χ0n) is 16.3. The fourth-order valence-electron chi connectivity index (χ4n) is 3.95. The highest BCUT2D eigenvalue weighted by molar-refractivity contribution is 8.03. The van der Waals surface area contributed by atoms with Crippen molar-refractivity contribution in [3.63, 3.8) is 0 Å². The van der Waals surface area contributed by atoms with E-state index in [0.717, 1.165) is 35.1 Å². The number of nitrogens with zero attached hydrogens (tertiary/aromatic N) is 3. The predicted octanol–water partition coefficient (Wildman–Crippen LogP) is 7.42. The molecule has 0 bridgehead atoms. The molecule has 2 heterocycles. The molecule has 2 aliphatic rings. The number of benzene rings is 2. The Morgan fingerprint density at radius 2 is 1.62 bits per heavy atom. The maximum atomic E-state index is 6.71. The van der Waals surface area contributed by atoms with Gasteiger partial charge in [0.05, 0.1) is 5.03 Å². The summed E-state index contributed by atoms with van der Waals surface area (Å²) in [5, 5.41) is 8.08. The topological polar surface area (TPSA) is 9.72 Å². The summed E-state index contributed by atoms with van der Waals surface area (Å²) in [5.74, 6) is 0.991. The van der Waals surface area contributed by atoms with Crippen molar-refractivity contribution in [1.82, 2.24) is 10.0 Å². The number of thioether (sulfide) groups is 1. The summed E-state index contributed by atoms with van der Waals surface area (Å²) in [6.07, 6.45) is 5.92. The molecule has 0 saturated carbocycles. The van der Waals surface area contributed by atoms with E-state index in [1.54, 1.807) is 0 Å². The van der Waals surface area contributed by atoms with Gasteiger partial charge in [-0.1, -0.05) is 54.2 Å². The Morgan fingerprint density at radius 3 is 2.28 bits per heavy atom. The summed E-state index contributed by atoms with van der Waals surface area (Å²) in [7, 11) is 0. The third kappa shape index (κ3) is 4.52. The maximum absolute atomic E-state index is 6.71. The van der Waals surface area contributed by atoms with Crippen molar-refractivity contribution >= 4 is 52.3 Å². The van der Waals surface area contributed by atoms with Gasteiger partial charge in [-0.2, -0.15) is 0 Å². The third-order valence-corrected chi connectivity index (χ3v) is 6.97. The van der Waals surface area contributed by atoms with E-state index in [1.165, 1.54) is 24.3 Å². The second-order valence-electron chi connectivity index (χ2n) is 7.18. The molecule has 4 rings (SSSR count). The summed E-state index contributed by atoms with van der Waals surface area (Å²) >= 11 is 20.9. The van der Waals surface area contributed by atoms with Crippen LogP contribution in [0.4, 0.5) is 5.69 Å². The van der Waals surface area contributed by atoms with Gasteiger partial charge in [-0.3, -0.25) is 5.01 Å². The van der Waals surface area contributed by atoms with Crippen LogP contribution >= 0.6 is 46.6 Å². The fourth-order valence-corrected chi connectivity index (χ4v) is 5.40. The van der Waals surface area contributed by atoms with Gasteiger partial charge in [0.1, 0.15) is 6.17 Å². The van der Waals surface area contributed by atoms with Gasteiger partial charge in [-0.15, -0.1) is 11.8 Å². The largest absolute Gasteiger partial charge is 0.308 e. The van der Waals surface area contributed by atoms with Gasteiger partial charge in [0.2, 0.25) is 0 Å². The highest BCUT2D eigenvalue weighted by atomic mass is 35.5. The molecule has 0 N–H and O–H groups in total. The van der Waals surface area contributed by atoms with Crippen LogP contribution < -0.4 is 4.90 Å². The normalized spacial score (nSPS) is 20.3. The molecule has 2 aromatic rings. The van der Waals surface area contributed by atoms with E-state index in [0.29, 0.717) is 10.0 Å². The zero-order chi connectivity index (χ0) is 20.4. The lowest BCUT2D eigenvalue weighted by Crippen LogP contribution is -2.46. The molecule has 0 aliphatic carbocycles. The molecular weight excluding hydrogens is 445 g/mol. The lowest BCUT2D eigenvalue weighted by atomic mass is 10.1. The van der Waals surface area contributed by atoms with Crippen molar-refractivity contribution in [2.75, 3.05) is 23.7 Å². The van der Waals surface area contributed by atoms with E-state index in [9.17, 15) is 0 Å². The molecule has 154 valence electrons. The first-order chi connectivity index (χ1) is 14.1. The summed E-state index contributed by atoms with van der Waals surface area (Å²) in [4.78, 5) is 2.36. The zero-order valence-corrected chi connectivity index (χ0v) is 19.4. The molecule has 1 atom stereocenters. The minimum atomic E-state index is -0.0620. The molecule has 1 fully saturated rings. The van der Waals surface area contributed by atoms with Crippen LogP contribution in [0.5, 0.6) is 0 Å². The first-order valence-corrected chi connectivity index (χ1v) is 12.1. The number of anilines is 1. The van der Waals surface area contributed by atoms with E-state index < -0.39 is 0 Å². The summed E-state index contributed by atoms with van der Waals surface area (Å²) in [5.41, 5.74) is 2.14. The molecule has 0 spiro atoms. The Labute approximate surface area is 192 Å². The van der Waals surface area contributed by atoms with Crippen LogP contribution in [-0.4, -0.2) is 28.9 Å². The van der Waals surface area contributed by atoms with Gasteiger partial charge in [0.15, 0.2) is 0 Å². The molecule has 29 heavy (non-hydrogen) atoms. The van der Waals surface area contributed by atoms with Crippen molar-refractivity contribution < 1.29 is 0 Å². The fraction of sp³-hybridized carbons (Fsp3) is 0.364. The van der Waals surface area contributed by atoms with E-state index in [4.69, 9.17) is 34.8 Å². The second kappa shape index (κ2) is 9.40. The number of halogens is 3. The van der Waals surface area contributed by atoms with Crippen LogP contribution in [0, 0.1) is 0 Å². The molecule has 1 saturated heterocycles. The lowest BCUT2D eigenvalue weighted by Gasteiger charge is -2.42. The minimum Gasteiger partial charge on any atom is -0.308 e. The molecule has 3 nitrogen and oxygen atoms in total. The van der Waals surface area contributed by atoms with Crippen molar-refractivity contribution in [3.8, 4) is 0 Å². The van der Waals surface area contributed by atoms with E-state index in [1.807, 2.05) is 42.1 Å².